The van der Waals surface area contributed by atoms with Gasteiger partial charge < -0.3 is 11.1 Å². The normalized spacial score (nSPS) is 9.50. The maximum absolute atomic E-state index is 10.9. The molecule has 0 bridgehead atoms. The summed E-state index contributed by atoms with van der Waals surface area (Å²) in [6.45, 7) is 0. The highest BCUT2D eigenvalue weighted by molar-refractivity contribution is 14.1. The molecule has 3 nitrogen and oxygen atoms in total. The van der Waals surface area contributed by atoms with E-state index < -0.39 is 5.91 Å². The minimum absolute atomic E-state index is 0.405. The summed E-state index contributed by atoms with van der Waals surface area (Å²) in [6.07, 6.45) is 0. The molecular formula is C8H9IN2O. The van der Waals surface area contributed by atoms with Crippen LogP contribution in [0.15, 0.2) is 18.2 Å². The first kappa shape index (κ1) is 9.31. The molecule has 0 aliphatic heterocycles. The van der Waals surface area contributed by atoms with Gasteiger partial charge >= 0.3 is 0 Å². The lowest BCUT2D eigenvalue weighted by Crippen LogP contribution is -2.13. The zero-order valence-electron chi connectivity index (χ0n) is 6.60. The summed E-state index contributed by atoms with van der Waals surface area (Å²) in [4.78, 5) is 10.9. The van der Waals surface area contributed by atoms with Crippen LogP contribution in [0.2, 0.25) is 0 Å². The lowest BCUT2D eigenvalue weighted by atomic mass is 10.2. The Bertz CT molecular complexity index is 312. The van der Waals surface area contributed by atoms with E-state index in [4.69, 9.17) is 5.73 Å². The topological polar surface area (TPSA) is 55.1 Å². The third-order valence-electron chi connectivity index (χ3n) is 1.53. The van der Waals surface area contributed by atoms with Gasteiger partial charge in [-0.25, -0.2) is 0 Å². The Labute approximate surface area is 84.5 Å². The molecule has 1 amide bonds. The standard InChI is InChI=1S/C8H9IN2O/c1-11-7-5(8(10)12)3-2-4-6(7)9/h2-4,11H,1H3,(H2,10,12). The highest BCUT2D eigenvalue weighted by Crippen LogP contribution is 2.21. The molecule has 0 heterocycles. The molecular weight excluding hydrogens is 267 g/mol. The zero-order chi connectivity index (χ0) is 9.14. The van der Waals surface area contributed by atoms with Crippen LogP contribution in [0.5, 0.6) is 0 Å². The highest BCUT2D eigenvalue weighted by atomic mass is 127. The van der Waals surface area contributed by atoms with Crippen molar-refractivity contribution in [2.45, 2.75) is 0 Å². The minimum atomic E-state index is -0.405. The van der Waals surface area contributed by atoms with E-state index in [-0.39, 0.29) is 0 Å². The van der Waals surface area contributed by atoms with Crippen molar-refractivity contribution < 1.29 is 4.79 Å². The average molecular weight is 276 g/mol. The molecule has 0 saturated carbocycles. The summed E-state index contributed by atoms with van der Waals surface area (Å²) in [7, 11) is 1.77. The molecule has 0 aliphatic rings. The summed E-state index contributed by atoms with van der Waals surface area (Å²) in [6, 6.07) is 5.43. The molecule has 1 aromatic carbocycles. The first-order chi connectivity index (χ1) is 5.66. The zero-order valence-corrected chi connectivity index (χ0v) is 8.75. The van der Waals surface area contributed by atoms with Crippen molar-refractivity contribution in [1.29, 1.82) is 0 Å². The van der Waals surface area contributed by atoms with Gasteiger partial charge in [-0.2, -0.15) is 0 Å². The van der Waals surface area contributed by atoms with Crippen molar-refractivity contribution in [1.82, 2.24) is 0 Å². The van der Waals surface area contributed by atoms with Crippen LogP contribution in [-0.2, 0) is 0 Å². The molecule has 4 heteroatoms. The Balaban J connectivity index is 3.27. The molecule has 0 radical (unpaired) electrons. The monoisotopic (exact) mass is 276 g/mol. The van der Waals surface area contributed by atoms with E-state index in [9.17, 15) is 4.79 Å². The SMILES string of the molecule is CNc1c(I)cccc1C(N)=O. The van der Waals surface area contributed by atoms with Gasteiger partial charge in [0, 0.05) is 10.6 Å². The van der Waals surface area contributed by atoms with E-state index in [1.807, 2.05) is 12.1 Å². The number of benzene rings is 1. The summed E-state index contributed by atoms with van der Waals surface area (Å²) < 4.78 is 0.992. The number of nitrogens with two attached hydrogens (primary N) is 1. The number of carbonyl (C=O) groups excluding carboxylic acids is 1. The quantitative estimate of drug-likeness (QED) is 0.803. The molecule has 0 saturated heterocycles. The van der Waals surface area contributed by atoms with E-state index in [0.29, 0.717) is 5.56 Å². The van der Waals surface area contributed by atoms with Gasteiger partial charge in [-0.3, -0.25) is 4.79 Å². The molecule has 1 rings (SSSR count). The third-order valence-corrected chi connectivity index (χ3v) is 2.43. The van der Waals surface area contributed by atoms with E-state index in [1.165, 1.54) is 0 Å². The highest BCUT2D eigenvalue weighted by Gasteiger charge is 2.08. The van der Waals surface area contributed by atoms with Gasteiger partial charge in [0.25, 0.3) is 5.91 Å². The van der Waals surface area contributed by atoms with Crippen molar-refractivity contribution in [3.8, 4) is 0 Å². The van der Waals surface area contributed by atoms with E-state index in [1.54, 1.807) is 13.1 Å². The molecule has 3 N–H and O–H groups in total. The first-order valence-electron chi connectivity index (χ1n) is 3.43. The number of rotatable bonds is 2. The number of amides is 1. The fourth-order valence-corrected chi connectivity index (χ4v) is 1.75. The van der Waals surface area contributed by atoms with Gasteiger partial charge in [-0.1, -0.05) is 6.07 Å². The maximum Gasteiger partial charge on any atom is 0.250 e. The van der Waals surface area contributed by atoms with Gasteiger partial charge in [0.2, 0.25) is 0 Å². The Morgan fingerprint density at radius 2 is 2.25 bits per heavy atom. The van der Waals surface area contributed by atoms with E-state index in [0.717, 1.165) is 9.26 Å². The fraction of sp³-hybridized carbons (Fsp3) is 0.125. The predicted molar refractivity (Wildman–Crippen MR) is 57.2 cm³/mol. The molecule has 0 fully saturated rings. The van der Waals surface area contributed by atoms with Crippen LogP contribution >= 0.6 is 22.6 Å². The summed E-state index contributed by atoms with van der Waals surface area (Å²) in [5.41, 5.74) is 6.51. The number of nitrogens with one attached hydrogen (secondary N) is 1. The van der Waals surface area contributed by atoms with Crippen molar-refractivity contribution >= 4 is 34.2 Å². The molecule has 0 aromatic heterocycles. The lowest BCUT2D eigenvalue weighted by molar-refractivity contribution is 0.100. The van der Waals surface area contributed by atoms with Crippen LogP contribution in [0.4, 0.5) is 5.69 Å². The van der Waals surface area contributed by atoms with Crippen LogP contribution in [0.25, 0.3) is 0 Å². The van der Waals surface area contributed by atoms with Gasteiger partial charge in [-0.05, 0) is 34.7 Å². The average Bonchev–Trinajstić information content (AvgIpc) is 2.03. The lowest BCUT2D eigenvalue weighted by Gasteiger charge is -2.07. The van der Waals surface area contributed by atoms with Gasteiger partial charge in [0.1, 0.15) is 0 Å². The number of carbonyl (C=O) groups is 1. The van der Waals surface area contributed by atoms with Crippen LogP contribution in [0.3, 0.4) is 0 Å². The number of primary amides is 1. The third kappa shape index (κ3) is 1.69. The van der Waals surface area contributed by atoms with Crippen LogP contribution in [0.1, 0.15) is 10.4 Å². The van der Waals surface area contributed by atoms with Crippen molar-refractivity contribution in [3.63, 3.8) is 0 Å². The van der Waals surface area contributed by atoms with E-state index in [2.05, 4.69) is 27.9 Å². The number of halogens is 1. The molecule has 64 valence electrons. The summed E-state index contributed by atoms with van der Waals surface area (Å²) in [5.74, 6) is -0.405. The van der Waals surface area contributed by atoms with Crippen molar-refractivity contribution in [3.05, 3.63) is 27.3 Å². The smallest absolute Gasteiger partial charge is 0.250 e. The minimum Gasteiger partial charge on any atom is -0.387 e. The molecule has 0 spiro atoms. The number of hydrogen-bond donors (Lipinski definition) is 2. The fourth-order valence-electron chi connectivity index (χ4n) is 0.984. The van der Waals surface area contributed by atoms with Gasteiger partial charge in [0.15, 0.2) is 0 Å². The Morgan fingerprint density at radius 3 is 2.67 bits per heavy atom. The Hall–Kier alpha value is -0.780. The van der Waals surface area contributed by atoms with Crippen molar-refractivity contribution in [2.75, 3.05) is 12.4 Å². The molecule has 0 atom stereocenters. The van der Waals surface area contributed by atoms with Crippen LogP contribution < -0.4 is 11.1 Å². The molecule has 12 heavy (non-hydrogen) atoms. The predicted octanol–water partition coefficient (Wildman–Crippen LogP) is 1.43. The number of hydrogen-bond acceptors (Lipinski definition) is 2. The molecule has 0 aliphatic carbocycles. The van der Waals surface area contributed by atoms with Gasteiger partial charge in [-0.15, -0.1) is 0 Å². The maximum atomic E-state index is 10.9. The van der Waals surface area contributed by atoms with E-state index >= 15 is 0 Å². The van der Waals surface area contributed by atoms with Crippen LogP contribution in [-0.4, -0.2) is 13.0 Å². The second kappa shape index (κ2) is 3.75. The number of para-hydroxylation sites is 1. The summed E-state index contributed by atoms with van der Waals surface area (Å²) >= 11 is 2.15. The van der Waals surface area contributed by atoms with Crippen molar-refractivity contribution in [2.24, 2.45) is 5.73 Å². The van der Waals surface area contributed by atoms with Crippen LogP contribution in [0, 0.1) is 3.57 Å². The first-order valence-corrected chi connectivity index (χ1v) is 4.50. The molecule has 1 aromatic rings. The Morgan fingerprint density at radius 1 is 1.58 bits per heavy atom. The second-order valence-electron chi connectivity index (χ2n) is 2.28. The second-order valence-corrected chi connectivity index (χ2v) is 3.44. The van der Waals surface area contributed by atoms with Gasteiger partial charge in [0.05, 0.1) is 11.3 Å². The Kier molecular flexibility index (Phi) is 2.91. The molecule has 0 unspecified atom stereocenters. The summed E-state index contributed by atoms with van der Waals surface area (Å²) in [5, 5.41) is 2.94. The number of anilines is 1. The largest absolute Gasteiger partial charge is 0.387 e.